The van der Waals surface area contributed by atoms with Gasteiger partial charge in [-0.3, -0.25) is 19.3 Å². The maximum absolute atomic E-state index is 11.9. The molecule has 1 saturated carbocycles. The van der Waals surface area contributed by atoms with E-state index in [9.17, 15) is 18.0 Å². The Morgan fingerprint density at radius 3 is 2.78 bits per heavy atom. The first-order valence-electron chi connectivity index (χ1n) is 7.07. The highest BCUT2D eigenvalue weighted by Crippen LogP contribution is 2.22. The Bertz CT molecular complexity index is 783. The summed E-state index contributed by atoms with van der Waals surface area (Å²) in [5, 5.41) is 2.69. The molecule has 0 saturated heterocycles. The smallest absolute Gasteiger partial charge is 0.328 e. The van der Waals surface area contributed by atoms with E-state index in [0.29, 0.717) is 5.56 Å². The fraction of sp³-hybridized carbons (Fsp3) is 0.357. The number of nitrogens with one attached hydrogen (secondary N) is 2. The number of ether oxygens (including phenoxy) is 1. The summed E-state index contributed by atoms with van der Waals surface area (Å²) in [5.74, 6) is -0.951. The van der Waals surface area contributed by atoms with E-state index in [1.807, 2.05) is 0 Å². The van der Waals surface area contributed by atoms with Gasteiger partial charge in [-0.15, -0.1) is 0 Å². The first-order valence-corrected chi connectivity index (χ1v) is 8.56. The molecule has 0 radical (unpaired) electrons. The van der Waals surface area contributed by atoms with E-state index in [0.717, 1.165) is 12.8 Å². The summed E-state index contributed by atoms with van der Waals surface area (Å²) in [6.45, 7) is -0.731. The number of hydrogen-bond acceptors (Lipinski definition) is 6. The molecule has 23 heavy (non-hydrogen) atoms. The number of esters is 1. The molecule has 0 aromatic heterocycles. The molecule has 2 aliphatic rings. The van der Waals surface area contributed by atoms with Crippen LogP contribution in [-0.2, 0) is 24.3 Å². The quantitative estimate of drug-likeness (QED) is 0.706. The zero-order chi connectivity index (χ0) is 16.4. The van der Waals surface area contributed by atoms with E-state index in [1.165, 1.54) is 6.07 Å². The van der Waals surface area contributed by atoms with Crippen LogP contribution in [0.25, 0.3) is 0 Å². The summed E-state index contributed by atoms with van der Waals surface area (Å²) in [5.41, 5.74) is 0.409. The Hall–Kier alpha value is -2.42. The molecule has 1 amide bonds. The third kappa shape index (κ3) is 3.67. The van der Waals surface area contributed by atoms with Crippen LogP contribution in [0.4, 0.5) is 0 Å². The summed E-state index contributed by atoms with van der Waals surface area (Å²) in [4.78, 5) is 27.0. The molecule has 1 aromatic carbocycles. The molecular weight excluding hydrogens is 322 g/mol. The largest absolute Gasteiger partial charge is 0.454 e. The van der Waals surface area contributed by atoms with Crippen LogP contribution in [0.15, 0.2) is 34.2 Å². The Morgan fingerprint density at radius 1 is 1.30 bits per heavy atom. The molecule has 1 heterocycles. The first-order chi connectivity index (χ1) is 11.0. The molecule has 2 N–H and O–H groups in total. The molecule has 122 valence electrons. The first kappa shape index (κ1) is 15.5. The van der Waals surface area contributed by atoms with E-state index in [4.69, 9.17) is 4.74 Å². The van der Waals surface area contributed by atoms with Crippen molar-refractivity contribution in [2.24, 2.45) is 4.99 Å². The van der Waals surface area contributed by atoms with Crippen molar-refractivity contribution in [3.63, 3.8) is 0 Å². The topological polar surface area (TPSA) is 114 Å². The van der Waals surface area contributed by atoms with Gasteiger partial charge in [0, 0.05) is 11.6 Å². The van der Waals surface area contributed by atoms with E-state index >= 15 is 0 Å². The predicted molar refractivity (Wildman–Crippen MR) is 80.3 cm³/mol. The van der Waals surface area contributed by atoms with Crippen molar-refractivity contribution in [2.75, 3.05) is 13.2 Å². The molecule has 0 spiro atoms. The molecule has 1 aliphatic heterocycles. The van der Waals surface area contributed by atoms with Crippen LogP contribution in [0.5, 0.6) is 0 Å². The number of fused-ring (bicyclic) bond motifs is 1. The van der Waals surface area contributed by atoms with Gasteiger partial charge in [-0.1, -0.05) is 12.1 Å². The average Bonchev–Trinajstić information content (AvgIpc) is 3.28. The fourth-order valence-electron chi connectivity index (χ4n) is 2.08. The molecule has 1 fully saturated rings. The molecule has 9 heteroatoms. The number of amidine groups is 1. The maximum atomic E-state index is 11.9. The van der Waals surface area contributed by atoms with E-state index in [2.05, 4.69) is 15.0 Å². The summed E-state index contributed by atoms with van der Waals surface area (Å²) in [6.07, 6.45) is 1.90. The van der Waals surface area contributed by atoms with Crippen LogP contribution in [0, 0.1) is 0 Å². The second-order valence-electron chi connectivity index (χ2n) is 5.27. The number of benzene rings is 1. The van der Waals surface area contributed by atoms with Gasteiger partial charge in [0.25, 0.3) is 15.9 Å². The second kappa shape index (κ2) is 5.99. The lowest BCUT2D eigenvalue weighted by atomic mass is 10.2. The summed E-state index contributed by atoms with van der Waals surface area (Å²) < 4.78 is 30.8. The highest BCUT2D eigenvalue weighted by Gasteiger charge is 2.30. The van der Waals surface area contributed by atoms with Gasteiger partial charge in [0.15, 0.2) is 6.61 Å². The van der Waals surface area contributed by atoms with Crippen molar-refractivity contribution in [1.29, 1.82) is 0 Å². The zero-order valence-electron chi connectivity index (χ0n) is 12.1. The lowest BCUT2D eigenvalue weighted by Gasteiger charge is -2.04. The normalized spacial score (nSPS) is 19.7. The molecular formula is C14H15N3O5S. The second-order valence-corrected chi connectivity index (χ2v) is 6.92. The third-order valence-electron chi connectivity index (χ3n) is 3.34. The van der Waals surface area contributed by atoms with Gasteiger partial charge in [-0.2, -0.15) is 0 Å². The van der Waals surface area contributed by atoms with Crippen LogP contribution in [0.2, 0.25) is 0 Å². The van der Waals surface area contributed by atoms with Gasteiger partial charge in [-0.05, 0) is 25.0 Å². The average molecular weight is 337 g/mol. The van der Waals surface area contributed by atoms with Crippen LogP contribution in [-0.4, -0.2) is 45.3 Å². The van der Waals surface area contributed by atoms with Crippen LogP contribution >= 0.6 is 0 Å². The van der Waals surface area contributed by atoms with Crippen LogP contribution in [0.1, 0.15) is 18.4 Å². The Labute approximate surface area is 133 Å². The zero-order valence-corrected chi connectivity index (χ0v) is 12.9. The van der Waals surface area contributed by atoms with Crippen molar-refractivity contribution >= 4 is 27.7 Å². The number of carbonyl (C=O) groups is 2. The lowest BCUT2D eigenvalue weighted by molar-refractivity contribution is -0.147. The Kier molecular flexibility index (Phi) is 4.03. The molecule has 0 unspecified atom stereocenters. The highest BCUT2D eigenvalue weighted by atomic mass is 32.2. The Balaban J connectivity index is 1.57. The highest BCUT2D eigenvalue weighted by molar-refractivity contribution is 7.90. The fourth-order valence-corrected chi connectivity index (χ4v) is 3.33. The minimum atomic E-state index is -3.63. The molecule has 0 bridgehead atoms. The van der Waals surface area contributed by atoms with Crippen molar-refractivity contribution in [3.8, 4) is 0 Å². The number of sulfonamides is 1. The van der Waals surface area contributed by atoms with Gasteiger partial charge in [0.2, 0.25) is 0 Å². The molecule has 0 atom stereocenters. The SMILES string of the molecule is O=C(COC(=O)CN=C1NS(=O)(=O)c2ccccc21)NC1CC1. The van der Waals surface area contributed by atoms with E-state index < -0.39 is 16.0 Å². The maximum Gasteiger partial charge on any atom is 0.328 e. The van der Waals surface area contributed by atoms with E-state index in [1.54, 1.807) is 18.2 Å². The standard InChI is InChI=1S/C14H15N3O5S/c18-12(16-9-5-6-9)8-22-13(19)7-15-14-10-3-1-2-4-11(10)23(20,21)17-14/h1-4,9H,5-8H2,(H,15,17)(H,16,18). The Morgan fingerprint density at radius 2 is 2.04 bits per heavy atom. The number of nitrogens with zero attached hydrogens (tertiary/aromatic N) is 1. The summed E-state index contributed by atoms with van der Waals surface area (Å²) in [7, 11) is -3.63. The number of aliphatic imine (C=N–C) groups is 1. The predicted octanol–water partition coefficient (Wildman–Crippen LogP) is -0.453. The van der Waals surface area contributed by atoms with Gasteiger partial charge in [0.1, 0.15) is 12.4 Å². The van der Waals surface area contributed by atoms with Crippen molar-refractivity contribution in [1.82, 2.24) is 10.0 Å². The van der Waals surface area contributed by atoms with Crippen LogP contribution < -0.4 is 10.0 Å². The molecule has 1 aromatic rings. The van der Waals surface area contributed by atoms with Crippen LogP contribution in [0.3, 0.4) is 0 Å². The number of hydrogen-bond donors (Lipinski definition) is 2. The molecule has 3 rings (SSSR count). The minimum Gasteiger partial charge on any atom is -0.454 e. The van der Waals surface area contributed by atoms with Gasteiger partial charge < -0.3 is 10.1 Å². The number of carbonyl (C=O) groups excluding carboxylic acids is 2. The number of amides is 1. The van der Waals surface area contributed by atoms with Crippen molar-refractivity contribution in [2.45, 2.75) is 23.8 Å². The van der Waals surface area contributed by atoms with Crippen molar-refractivity contribution in [3.05, 3.63) is 29.8 Å². The summed E-state index contributed by atoms with van der Waals surface area (Å²) in [6, 6.07) is 6.54. The monoisotopic (exact) mass is 337 g/mol. The van der Waals surface area contributed by atoms with E-state index in [-0.39, 0.29) is 35.8 Å². The van der Waals surface area contributed by atoms with Gasteiger partial charge in [-0.25, -0.2) is 8.42 Å². The molecule has 1 aliphatic carbocycles. The minimum absolute atomic E-state index is 0.0972. The summed E-state index contributed by atoms with van der Waals surface area (Å²) >= 11 is 0. The lowest BCUT2D eigenvalue weighted by Crippen LogP contribution is -2.31. The third-order valence-corrected chi connectivity index (χ3v) is 4.73. The number of rotatable bonds is 5. The van der Waals surface area contributed by atoms with Crippen molar-refractivity contribution < 1.29 is 22.7 Å². The molecule has 8 nitrogen and oxygen atoms in total. The van der Waals surface area contributed by atoms with Gasteiger partial charge >= 0.3 is 5.97 Å². The van der Waals surface area contributed by atoms with Gasteiger partial charge in [0.05, 0.1) is 4.90 Å².